The Kier molecular flexibility index (Phi) is 8.15. The van der Waals surface area contributed by atoms with E-state index in [4.69, 9.17) is 4.74 Å². The van der Waals surface area contributed by atoms with Crippen LogP contribution in [-0.4, -0.2) is 31.1 Å². The number of imide groups is 1. The van der Waals surface area contributed by atoms with Crippen molar-refractivity contribution < 1.29 is 23.5 Å². The average Bonchev–Trinajstić information content (AvgIpc) is 3.14. The summed E-state index contributed by atoms with van der Waals surface area (Å²) >= 11 is 4.77. The fourth-order valence-electron chi connectivity index (χ4n) is 1.95. The van der Waals surface area contributed by atoms with E-state index < -0.39 is 30.3 Å². The summed E-state index contributed by atoms with van der Waals surface area (Å²) in [7, 11) is 0. The van der Waals surface area contributed by atoms with Crippen LogP contribution in [0.5, 0.6) is 0 Å². The lowest BCUT2D eigenvalue weighted by molar-refractivity contribution is -0.143. The van der Waals surface area contributed by atoms with Crippen LogP contribution < -0.4 is 10.6 Å². The van der Waals surface area contributed by atoms with Crippen LogP contribution in [0.3, 0.4) is 0 Å². The van der Waals surface area contributed by atoms with E-state index in [2.05, 4.69) is 26.6 Å². The third-order valence-corrected chi connectivity index (χ3v) is 4.62. The minimum absolute atomic E-state index is 0.191. The Balaban J connectivity index is 1.68. The number of amides is 3. The number of urea groups is 1. The van der Waals surface area contributed by atoms with Crippen LogP contribution in [0.1, 0.15) is 10.4 Å². The number of benzene rings is 1. The highest BCUT2D eigenvalue weighted by atomic mass is 79.9. The van der Waals surface area contributed by atoms with Crippen molar-refractivity contribution in [3.63, 3.8) is 0 Å². The third-order valence-electron chi connectivity index (χ3n) is 3.19. The van der Waals surface area contributed by atoms with Crippen LogP contribution >= 0.6 is 27.3 Å². The Hall–Kier alpha value is -2.52. The standard InChI is InChI=1S/C18H16BrFN2O4S/c19-13-4-5-15(20)12(10-13)3-6-17(24)26-11-16(23)22-18(25)21-8-7-14-2-1-9-27-14/h1-6,9-10H,7-8,11H2,(H2,21,22,23,25)/b6-3+. The van der Waals surface area contributed by atoms with Gasteiger partial charge in [-0.15, -0.1) is 11.3 Å². The molecule has 0 radical (unpaired) electrons. The average molecular weight is 455 g/mol. The molecule has 3 amide bonds. The van der Waals surface area contributed by atoms with Gasteiger partial charge in [-0.25, -0.2) is 14.0 Å². The molecule has 2 N–H and O–H groups in total. The summed E-state index contributed by atoms with van der Waals surface area (Å²) in [4.78, 5) is 35.9. The summed E-state index contributed by atoms with van der Waals surface area (Å²) in [5.74, 6) is -2.10. The maximum atomic E-state index is 13.5. The van der Waals surface area contributed by atoms with Gasteiger partial charge < -0.3 is 10.1 Å². The Labute approximate surface area is 167 Å². The molecule has 0 spiro atoms. The summed E-state index contributed by atoms with van der Waals surface area (Å²) in [6.07, 6.45) is 2.89. The molecule has 142 valence electrons. The van der Waals surface area contributed by atoms with E-state index >= 15 is 0 Å². The first kappa shape index (κ1) is 20.8. The van der Waals surface area contributed by atoms with Crippen molar-refractivity contribution in [2.24, 2.45) is 0 Å². The van der Waals surface area contributed by atoms with Crippen molar-refractivity contribution in [1.29, 1.82) is 0 Å². The molecule has 6 nitrogen and oxygen atoms in total. The molecule has 0 bridgehead atoms. The monoisotopic (exact) mass is 454 g/mol. The van der Waals surface area contributed by atoms with E-state index in [0.29, 0.717) is 17.4 Å². The summed E-state index contributed by atoms with van der Waals surface area (Å²) in [5.41, 5.74) is 0.191. The molecule has 2 aromatic rings. The molecule has 0 atom stereocenters. The van der Waals surface area contributed by atoms with Crippen molar-refractivity contribution in [3.8, 4) is 0 Å². The normalized spacial score (nSPS) is 10.6. The van der Waals surface area contributed by atoms with Gasteiger partial charge in [0.2, 0.25) is 0 Å². The minimum atomic E-state index is -0.831. The molecule has 0 aliphatic rings. The summed E-state index contributed by atoms with van der Waals surface area (Å²) in [6.45, 7) is -0.247. The number of thiophene rings is 1. The van der Waals surface area contributed by atoms with Gasteiger partial charge in [-0.1, -0.05) is 22.0 Å². The number of esters is 1. The van der Waals surface area contributed by atoms with E-state index in [9.17, 15) is 18.8 Å². The zero-order valence-corrected chi connectivity index (χ0v) is 16.4. The molecule has 0 fully saturated rings. The Morgan fingerprint density at radius 2 is 2.07 bits per heavy atom. The fraction of sp³-hybridized carbons (Fsp3) is 0.167. The molecule has 2 rings (SSSR count). The number of ether oxygens (including phenoxy) is 1. The molecule has 1 aromatic heterocycles. The fourth-order valence-corrected chi connectivity index (χ4v) is 3.03. The first-order chi connectivity index (χ1) is 12.9. The number of hydrogen-bond acceptors (Lipinski definition) is 5. The first-order valence-corrected chi connectivity index (χ1v) is 9.51. The highest BCUT2D eigenvalue weighted by Gasteiger charge is 2.09. The van der Waals surface area contributed by atoms with Gasteiger partial charge in [0.25, 0.3) is 5.91 Å². The van der Waals surface area contributed by atoms with Gasteiger partial charge in [-0.3, -0.25) is 10.1 Å². The van der Waals surface area contributed by atoms with Crippen molar-refractivity contribution >= 4 is 51.3 Å². The second-order valence-electron chi connectivity index (χ2n) is 5.24. The zero-order chi connectivity index (χ0) is 19.6. The quantitative estimate of drug-likeness (QED) is 0.496. The molecule has 9 heteroatoms. The molecule has 1 aromatic carbocycles. The molecule has 0 aliphatic carbocycles. The highest BCUT2D eigenvalue weighted by molar-refractivity contribution is 9.10. The summed E-state index contributed by atoms with van der Waals surface area (Å²) < 4.78 is 18.9. The van der Waals surface area contributed by atoms with Crippen molar-refractivity contribution in [2.75, 3.05) is 13.2 Å². The summed E-state index contributed by atoms with van der Waals surface area (Å²) in [6, 6.07) is 7.46. The lowest BCUT2D eigenvalue weighted by Crippen LogP contribution is -2.42. The predicted molar refractivity (Wildman–Crippen MR) is 104 cm³/mol. The highest BCUT2D eigenvalue weighted by Crippen LogP contribution is 2.16. The van der Waals surface area contributed by atoms with Crippen LogP contribution in [0, 0.1) is 5.82 Å². The molecular weight excluding hydrogens is 439 g/mol. The van der Waals surface area contributed by atoms with Crippen molar-refractivity contribution in [2.45, 2.75) is 6.42 Å². The number of hydrogen-bond donors (Lipinski definition) is 2. The van der Waals surface area contributed by atoms with Crippen molar-refractivity contribution in [3.05, 3.63) is 62.5 Å². The van der Waals surface area contributed by atoms with Gasteiger partial charge >= 0.3 is 12.0 Å². The van der Waals surface area contributed by atoms with E-state index in [1.165, 1.54) is 24.3 Å². The lowest BCUT2D eigenvalue weighted by Gasteiger charge is -2.06. The first-order valence-electron chi connectivity index (χ1n) is 7.84. The second kappa shape index (κ2) is 10.6. The summed E-state index contributed by atoms with van der Waals surface area (Å²) in [5, 5.41) is 6.52. The molecule has 0 saturated heterocycles. The predicted octanol–water partition coefficient (Wildman–Crippen LogP) is 3.27. The zero-order valence-electron chi connectivity index (χ0n) is 14.0. The smallest absolute Gasteiger partial charge is 0.331 e. The van der Waals surface area contributed by atoms with Crippen molar-refractivity contribution in [1.82, 2.24) is 10.6 Å². The Morgan fingerprint density at radius 3 is 2.81 bits per heavy atom. The van der Waals surface area contributed by atoms with Crippen LogP contribution in [0.15, 0.2) is 46.3 Å². The number of carbonyl (C=O) groups is 3. The van der Waals surface area contributed by atoms with Gasteiger partial charge in [0.05, 0.1) is 0 Å². The van der Waals surface area contributed by atoms with Gasteiger partial charge in [0.1, 0.15) is 5.82 Å². The molecule has 0 unspecified atom stereocenters. The largest absolute Gasteiger partial charge is 0.452 e. The van der Waals surface area contributed by atoms with E-state index in [1.807, 2.05) is 17.5 Å². The number of halogens is 2. The van der Waals surface area contributed by atoms with E-state index in [-0.39, 0.29) is 5.56 Å². The number of nitrogens with one attached hydrogen (secondary N) is 2. The third kappa shape index (κ3) is 7.71. The SMILES string of the molecule is O=C(COC(=O)/C=C/c1cc(Br)ccc1F)NC(=O)NCCc1cccs1. The molecule has 27 heavy (non-hydrogen) atoms. The second-order valence-corrected chi connectivity index (χ2v) is 7.19. The molecular formula is C18H16BrFN2O4S. The molecule has 1 heterocycles. The number of rotatable bonds is 7. The maximum absolute atomic E-state index is 13.5. The lowest BCUT2D eigenvalue weighted by atomic mass is 10.2. The van der Waals surface area contributed by atoms with Gasteiger partial charge in [-0.2, -0.15) is 0 Å². The maximum Gasteiger partial charge on any atom is 0.331 e. The molecule has 0 saturated carbocycles. The Morgan fingerprint density at radius 1 is 1.26 bits per heavy atom. The van der Waals surface area contributed by atoms with E-state index in [0.717, 1.165) is 11.0 Å². The van der Waals surface area contributed by atoms with Gasteiger partial charge in [0.15, 0.2) is 6.61 Å². The Bertz CT molecular complexity index is 840. The number of carbonyl (C=O) groups excluding carboxylic acids is 3. The van der Waals surface area contributed by atoms with E-state index in [1.54, 1.807) is 11.3 Å². The van der Waals surface area contributed by atoms with Crippen LogP contribution in [0.4, 0.5) is 9.18 Å². The molecule has 0 aliphatic heterocycles. The minimum Gasteiger partial charge on any atom is -0.452 e. The van der Waals surface area contributed by atoms with Gasteiger partial charge in [0, 0.05) is 27.5 Å². The topological polar surface area (TPSA) is 84.5 Å². The van der Waals surface area contributed by atoms with Gasteiger partial charge in [-0.05, 0) is 42.1 Å². The van der Waals surface area contributed by atoms with Crippen LogP contribution in [0.25, 0.3) is 6.08 Å². The van der Waals surface area contributed by atoms with Crippen LogP contribution in [-0.2, 0) is 20.7 Å². The van der Waals surface area contributed by atoms with Crippen LogP contribution in [0.2, 0.25) is 0 Å².